The second-order valence-electron chi connectivity index (χ2n) is 2.99. The number of Topliss-reactive ketones (excluding diaryl/α,β-unsaturated/α-hetero) is 2. The zero-order valence-electron chi connectivity index (χ0n) is 8.06. The fourth-order valence-electron chi connectivity index (χ4n) is 0.899. The third-order valence-electron chi connectivity index (χ3n) is 1.67. The molecular weight excluding hydrogens is 204 g/mol. The van der Waals surface area contributed by atoms with Crippen LogP contribution in [0.2, 0.25) is 0 Å². The maximum absolute atomic E-state index is 11.0. The first-order chi connectivity index (χ1) is 6.93. The van der Waals surface area contributed by atoms with Crippen molar-refractivity contribution in [1.82, 2.24) is 0 Å². The van der Waals surface area contributed by atoms with Crippen LogP contribution in [-0.2, 0) is 19.2 Å². The standard InChI is InChI=1S/C9H12O6/c10-6(2-1-3-8(12)13)7(11)4-5-9(14)15/h1-5H2,(H,12,13)(H,14,15). The van der Waals surface area contributed by atoms with Crippen LogP contribution in [0.5, 0.6) is 0 Å². The van der Waals surface area contributed by atoms with Crippen molar-refractivity contribution in [3.63, 3.8) is 0 Å². The SMILES string of the molecule is O=C(O)CCCC(=O)C(=O)CCC(=O)O. The molecule has 0 rings (SSSR count). The van der Waals surface area contributed by atoms with Crippen LogP contribution in [0.4, 0.5) is 0 Å². The fourth-order valence-corrected chi connectivity index (χ4v) is 0.899. The highest BCUT2D eigenvalue weighted by Crippen LogP contribution is 2.01. The molecule has 2 N–H and O–H groups in total. The number of rotatable bonds is 8. The van der Waals surface area contributed by atoms with Gasteiger partial charge in [0, 0.05) is 19.3 Å². The molecule has 0 spiro atoms. The van der Waals surface area contributed by atoms with Gasteiger partial charge in [0.05, 0.1) is 6.42 Å². The number of hydrogen-bond donors (Lipinski definition) is 2. The van der Waals surface area contributed by atoms with Crippen LogP contribution in [0.25, 0.3) is 0 Å². The zero-order valence-corrected chi connectivity index (χ0v) is 8.06. The predicted octanol–water partition coefficient (Wildman–Crippen LogP) is 0.244. The fraction of sp³-hybridized carbons (Fsp3) is 0.556. The summed E-state index contributed by atoms with van der Waals surface area (Å²) in [5.74, 6) is -3.61. The Hall–Kier alpha value is -1.72. The van der Waals surface area contributed by atoms with Gasteiger partial charge in [-0.15, -0.1) is 0 Å². The van der Waals surface area contributed by atoms with Gasteiger partial charge in [0.15, 0.2) is 11.6 Å². The van der Waals surface area contributed by atoms with Crippen molar-refractivity contribution in [1.29, 1.82) is 0 Å². The van der Waals surface area contributed by atoms with Gasteiger partial charge in [0.2, 0.25) is 0 Å². The van der Waals surface area contributed by atoms with Gasteiger partial charge in [0.25, 0.3) is 0 Å². The molecule has 0 atom stereocenters. The molecule has 0 saturated heterocycles. The average molecular weight is 216 g/mol. The van der Waals surface area contributed by atoms with Gasteiger partial charge in [-0.2, -0.15) is 0 Å². The number of aliphatic carboxylic acids is 2. The molecule has 0 aliphatic heterocycles. The first-order valence-electron chi connectivity index (χ1n) is 4.43. The van der Waals surface area contributed by atoms with E-state index < -0.39 is 23.5 Å². The van der Waals surface area contributed by atoms with E-state index in [1.165, 1.54) is 0 Å². The third kappa shape index (κ3) is 7.36. The van der Waals surface area contributed by atoms with E-state index in [0.29, 0.717) is 0 Å². The minimum Gasteiger partial charge on any atom is -0.481 e. The summed E-state index contributed by atoms with van der Waals surface area (Å²) in [5.41, 5.74) is 0. The van der Waals surface area contributed by atoms with Gasteiger partial charge in [0.1, 0.15) is 0 Å². The normalized spacial score (nSPS) is 9.60. The molecule has 0 radical (unpaired) electrons. The molecule has 6 heteroatoms. The van der Waals surface area contributed by atoms with E-state index in [0.717, 1.165) is 0 Å². The molecule has 0 aromatic heterocycles. The maximum atomic E-state index is 11.0. The molecule has 0 aliphatic rings. The van der Waals surface area contributed by atoms with Gasteiger partial charge < -0.3 is 10.2 Å². The van der Waals surface area contributed by atoms with E-state index >= 15 is 0 Å². The Morgan fingerprint density at radius 2 is 1.13 bits per heavy atom. The van der Waals surface area contributed by atoms with Crippen molar-refractivity contribution < 1.29 is 29.4 Å². The first-order valence-corrected chi connectivity index (χ1v) is 4.43. The summed E-state index contributed by atoms with van der Waals surface area (Å²) in [7, 11) is 0. The van der Waals surface area contributed by atoms with Gasteiger partial charge >= 0.3 is 11.9 Å². The molecule has 0 amide bonds. The summed E-state index contributed by atoms with van der Waals surface area (Å²) in [5, 5.41) is 16.5. The summed E-state index contributed by atoms with van der Waals surface area (Å²) >= 11 is 0. The molecule has 0 aromatic carbocycles. The smallest absolute Gasteiger partial charge is 0.303 e. The Labute approximate surface area is 85.9 Å². The number of ketones is 2. The monoisotopic (exact) mass is 216 g/mol. The second-order valence-corrected chi connectivity index (χ2v) is 2.99. The lowest BCUT2D eigenvalue weighted by Gasteiger charge is -1.97. The van der Waals surface area contributed by atoms with Crippen LogP contribution < -0.4 is 0 Å². The van der Waals surface area contributed by atoms with Crippen LogP contribution in [0, 0.1) is 0 Å². The Kier molecular flexibility index (Phi) is 5.92. The molecule has 0 aromatic rings. The van der Waals surface area contributed by atoms with Crippen molar-refractivity contribution in [2.24, 2.45) is 0 Å². The molecule has 0 bridgehead atoms. The Morgan fingerprint density at radius 1 is 0.667 bits per heavy atom. The van der Waals surface area contributed by atoms with Crippen LogP contribution in [-0.4, -0.2) is 33.7 Å². The molecule has 0 fully saturated rings. The topological polar surface area (TPSA) is 109 Å². The predicted molar refractivity (Wildman–Crippen MR) is 48.4 cm³/mol. The Morgan fingerprint density at radius 3 is 1.60 bits per heavy atom. The lowest BCUT2D eigenvalue weighted by molar-refractivity contribution is -0.140. The minimum absolute atomic E-state index is 0.104. The number of carbonyl (C=O) groups excluding carboxylic acids is 2. The van der Waals surface area contributed by atoms with Crippen LogP contribution in [0.3, 0.4) is 0 Å². The van der Waals surface area contributed by atoms with Crippen molar-refractivity contribution in [3.05, 3.63) is 0 Å². The summed E-state index contributed by atoms with van der Waals surface area (Å²) in [6.45, 7) is 0. The van der Waals surface area contributed by atoms with Gasteiger partial charge in [-0.25, -0.2) is 0 Å². The number of carboxylic acids is 2. The van der Waals surface area contributed by atoms with Gasteiger partial charge in [-0.05, 0) is 6.42 Å². The Balaban J connectivity index is 3.74. The van der Waals surface area contributed by atoms with Crippen LogP contribution >= 0.6 is 0 Å². The van der Waals surface area contributed by atoms with Gasteiger partial charge in [-0.1, -0.05) is 0 Å². The summed E-state index contributed by atoms with van der Waals surface area (Å²) in [6, 6.07) is 0. The van der Waals surface area contributed by atoms with Crippen molar-refractivity contribution in [2.45, 2.75) is 32.1 Å². The third-order valence-corrected chi connectivity index (χ3v) is 1.67. The molecule has 6 nitrogen and oxygen atoms in total. The number of hydrogen-bond acceptors (Lipinski definition) is 4. The highest BCUT2D eigenvalue weighted by Gasteiger charge is 2.14. The largest absolute Gasteiger partial charge is 0.481 e. The lowest BCUT2D eigenvalue weighted by Crippen LogP contribution is -2.15. The Bertz CT molecular complexity index is 280. The maximum Gasteiger partial charge on any atom is 0.303 e. The lowest BCUT2D eigenvalue weighted by atomic mass is 10.1. The highest BCUT2D eigenvalue weighted by atomic mass is 16.4. The average Bonchev–Trinajstić information content (AvgIpc) is 2.13. The van der Waals surface area contributed by atoms with E-state index in [1.54, 1.807) is 0 Å². The van der Waals surface area contributed by atoms with E-state index in [4.69, 9.17) is 10.2 Å². The first kappa shape index (κ1) is 13.3. The molecule has 84 valence electrons. The summed E-state index contributed by atoms with van der Waals surface area (Å²) in [6.07, 6.45) is -0.888. The van der Waals surface area contributed by atoms with E-state index in [2.05, 4.69) is 0 Å². The van der Waals surface area contributed by atoms with E-state index in [-0.39, 0.29) is 32.1 Å². The second kappa shape index (κ2) is 6.69. The summed E-state index contributed by atoms with van der Waals surface area (Å²) in [4.78, 5) is 42.1. The van der Waals surface area contributed by atoms with Crippen LogP contribution in [0.1, 0.15) is 32.1 Å². The van der Waals surface area contributed by atoms with Crippen molar-refractivity contribution >= 4 is 23.5 Å². The highest BCUT2D eigenvalue weighted by molar-refractivity contribution is 6.37. The van der Waals surface area contributed by atoms with Crippen molar-refractivity contribution in [2.75, 3.05) is 0 Å². The number of carbonyl (C=O) groups is 4. The number of carboxylic acid groups (broad SMARTS) is 2. The molecule has 0 unspecified atom stereocenters. The molecule has 0 saturated carbocycles. The molecular formula is C9H12O6. The van der Waals surface area contributed by atoms with E-state index in [1.807, 2.05) is 0 Å². The van der Waals surface area contributed by atoms with Crippen molar-refractivity contribution in [3.8, 4) is 0 Å². The summed E-state index contributed by atoms with van der Waals surface area (Å²) < 4.78 is 0. The van der Waals surface area contributed by atoms with Gasteiger partial charge in [-0.3, -0.25) is 19.2 Å². The quantitative estimate of drug-likeness (QED) is 0.562. The molecule has 15 heavy (non-hydrogen) atoms. The van der Waals surface area contributed by atoms with Crippen LogP contribution in [0.15, 0.2) is 0 Å². The van der Waals surface area contributed by atoms with E-state index in [9.17, 15) is 19.2 Å². The molecule has 0 heterocycles. The zero-order chi connectivity index (χ0) is 11.8. The minimum atomic E-state index is -1.14. The molecule has 0 aliphatic carbocycles.